The van der Waals surface area contributed by atoms with Gasteiger partial charge in [0.15, 0.2) is 5.82 Å². The van der Waals surface area contributed by atoms with Crippen LogP contribution in [0.1, 0.15) is 5.69 Å². The van der Waals surface area contributed by atoms with Crippen LogP contribution in [0.3, 0.4) is 0 Å². The summed E-state index contributed by atoms with van der Waals surface area (Å²) in [5.41, 5.74) is 1.60. The molecule has 2 rings (SSSR count). The Morgan fingerprint density at radius 3 is 2.82 bits per heavy atom. The summed E-state index contributed by atoms with van der Waals surface area (Å²) < 4.78 is 7.75. The monoisotopic (exact) mass is 364 g/mol. The Kier molecular flexibility index (Phi) is 3.95. The van der Waals surface area contributed by atoms with E-state index in [9.17, 15) is 0 Å². The molecule has 2 aromatic heterocycles. The molecule has 0 aliphatic carbocycles. The van der Waals surface area contributed by atoms with Gasteiger partial charge in [-0.1, -0.05) is 11.6 Å². The molecule has 2 aromatic rings. The molecule has 0 amide bonds. The average molecular weight is 365 g/mol. The Labute approximate surface area is 117 Å². The number of nitrogens with zero attached hydrogens (tertiary/aromatic N) is 4. The molecule has 2 heterocycles. The van der Waals surface area contributed by atoms with E-state index < -0.39 is 0 Å². The number of hydrogen-bond donors (Lipinski definition) is 0. The Morgan fingerprint density at radius 2 is 2.24 bits per heavy atom. The van der Waals surface area contributed by atoms with Crippen molar-refractivity contribution in [3.8, 4) is 11.5 Å². The van der Waals surface area contributed by atoms with Crippen molar-refractivity contribution in [2.24, 2.45) is 7.05 Å². The predicted octanol–water partition coefficient (Wildman–Crippen LogP) is 2.28. The third-order valence-corrected chi connectivity index (χ3v) is 3.93. The van der Waals surface area contributed by atoms with Crippen LogP contribution in [0, 0.1) is 3.57 Å². The van der Waals surface area contributed by atoms with E-state index in [0.717, 1.165) is 15.0 Å². The topological polar surface area (TPSA) is 52.8 Å². The highest BCUT2D eigenvalue weighted by atomic mass is 127. The van der Waals surface area contributed by atoms with E-state index in [1.807, 2.05) is 11.6 Å². The van der Waals surface area contributed by atoms with Crippen molar-refractivity contribution < 1.29 is 4.74 Å². The maximum atomic E-state index is 6.08. The van der Waals surface area contributed by atoms with Crippen LogP contribution in [0.4, 0.5) is 0 Å². The predicted molar refractivity (Wildman–Crippen MR) is 72.7 cm³/mol. The van der Waals surface area contributed by atoms with E-state index in [-0.39, 0.29) is 0 Å². The summed E-state index contributed by atoms with van der Waals surface area (Å²) in [6.07, 6.45) is 3.40. The Morgan fingerprint density at radius 1 is 1.47 bits per heavy atom. The van der Waals surface area contributed by atoms with E-state index >= 15 is 0 Å². The number of imidazole rings is 1. The van der Waals surface area contributed by atoms with Crippen LogP contribution in [-0.2, 0) is 18.4 Å². The summed E-state index contributed by atoms with van der Waals surface area (Å²) in [7, 11) is 3.50. The van der Waals surface area contributed by atoms with Gasteiger partial charge in [-0.05, 0) is 22.6 Å². The molecule has 0 aliphatic rings. The second-order valence-electron chi connectivity index (χ2n) is 3.42. The van der Waals surface area contributed by atoms with Gasteiger partial charge in [-0.3, -0.25) is 0 Å². The molecule has 0 saturated heterocycles. The smallest absolute Gasteiger partial charge is 0.179 e. The fourth-order valence-electron chi connectivity index (χ4n) is 1.38. The first kappa shape index (κ1) is 12.7. The minimum atomic E-state index is 0.408. The Bertz CT molecular complexity index is 543. The zero-order chi connectivity index (χ0) is 12.4. The molecule has 0 spiro atoms. The first-order chi connectivity index (χ1) is 8.13. The molecule has 0 aromatic carbocycles. The zero-order valence-electron chi connectivity index (χ0n) is 9.31. The van der Waals surface area contributed by atoms with Gasteiger partial charge >= 0.3 is 0 Å². The lowest BCUT2D eigenvalue weighted by atomic mass is 10.3. The van der Waals surface area contributed by atoms with Gasteiger partial charge in [0.2, 0.25) is 0 Å². The molecule has 5 nitrogen and oxygen atoms in total. The molecular weight excluding hydrogens is 354 g/mol. The summed E-state index contributed by atoms with van der Waals surface area (Å²) in [5.74, 6) is 0.558. The van der Waals surface area contributed by atoms with Gasteiger partial charge in [0.05, 0.1) is 28.4 Å². The number of hydrogen-bond acceptors (Lipinski definition) is 4. The number of ether oxygens (including phenoxy) is 1. The number of aromatic nitrogens is 4. The lowest BCUT2D eigenvalue weighted by Gasteiger charge is -2.07. The minimum Gasteiger partial charge on any atom is -0.378 e. The van der Waals surface area contributed by atoms with E-state index in [2.05, 4.69) is 37.5 Å². The fraction of sp³-hybridized carbons (Fsp3) is 0.300. The van der Waals surface area contributed by atoms with Crippen LogP contribution in [0.2, 0.25) is 5.15 Å². The highest BCUT2D eigenvalue weighted by Crippen LogP contribution is 2.23. The Balaban J connectivity index is 2.53. The quantitative estimate of drug-likeness (QED) is 0.619. The van der Waals surface area contributed by atoms with E-state index in [0.29, 0.717) is 17.6 Å². The van der Waals surface area contributed by atoms with E-state index in [1.165, 1.54) is 0 Å². The molecule has 90 valence electrons. The van der Waals surface area contributed by atoms with Gasteiger partial charge in [-0.15, -0.1) is 0 Å². The van der Waals surface area contributed by atoms with Crippen molar-refractivity contribution >= 4 is 34.2 Å². The van der Waals surface area contributed by atoms with Gasteiger partial charge in [0.1, 0.15) is 10.8 Å². The van der Waals surface area contributed by atoms with Crippen LogP contribution in [-0.4, -0.2) is 26.6 Å². The molecule has 0 fully saturated rings. The number of rotatable bonds is 3. The summed E-state index contributed by atoms with van der Waals surface area (Å²) in [5, 5.41) is 0.434. The molecule has 0 radical (unpaired) electrons. The number of aryl methyl sites for hydroxylation is 1. The van der Waals surface area contributed by atoms with Gasteiger partial charge in [-0.2, -0.15) is 0 Å². The lowest BCUT2D eigenvalue weighted by Crippen LogP contribution is -2.03. The van der Waals surface area contributed by atoms with Crippen LogP contribution >= 0.6 is 34.2 Å². The summed E-state index contributed by atoms with van der Waals surface area (Å²) in [6.45, 7) is 0.408. The van der Waals surface area contributed by atoms with Crippen molar-refractivity contribution in [3.63, 3.8) is 0 Å². The maximum Gasteiger partial charge on any atom is 0.179 e. The molecular formula is C10H10ClIN4O. The van der Waals surface area contributed by atoms with Crippen LogP contribution < -0.4 is 0 Å². The third kappa shape index (κ3) is 2.58. The molecule has 0 unspecified atom stereocenters. The third-order valence-electron chi connectivity index (χ3n) is 2.21. The van der Waals surface area contributed by atoms with E-state index in [4.69, 9.17) is 16.3 Å². The molecule has 0 bridgehead atoms. The van der Waals surface area contributed by atoms with Crippen molar-refractivity contribution in [3.05, 3.63) is 26.9 Å². The summed E-state index contributed by atoms with van der Waals surface area (Å²) in [4.78, 5) is 12.7. The zero-order valence-corrected chi connectivity index (χ0v) is 12.2. The highest BCUT2D eigenvalue weighted by molar-refractivity contribution is 14.1. The summed E-state index contributed by atoms with van der Waals surface area (Å²) >= 11 is 8.19. The van der Waals surface area contributed by atoms with Crippen LogP contribution in [0.25, 0.3) is 11.5 Å². The lowest BCUT2D eigenvalue weighted by molar-refractivity contribution is 0.181. The molecule has 0 aliphatic heterocycles. The Hall–Kier alpha value is -0.730. The largest absolute Gasteiger partial charge is 0.378 e. The number of methoxy groups -OCH3 is 1. The first-order valence-corrected chi connectivity index (χ1v) is 6.26. The highest BCUT2D eigenvalue weighted by Gasteiger charge is 2.13. The van der Waals surface area contributed by atoms with Crippen LogP contribution in [0.15, 0.2) is 12.5 Å². The normalized spacial score (nSPS) is 10.8. The van der Waals surface area contributed by atoms with Gasteiger partial charge in [0, 0.05) is 14.2 Å². The SMILES string of the molecule is COCc1nc(-c2cncn2C)nc(Cl)c1I. The summed E-state index contributed by atoms with van der Waals surface area (Å²) in [6, 6.07) is 0. The van der Waals surface area contributed by atoms with Crippen LogP contribution in [0.5, 0.6) is 0 Å². The number of halogens is 2. The molecule has 0 saturated carbocycles. The van der Waals surface area contributed by atoms with Crippen molar-refractivity contribution in [2.75, 3.05) is 7.11 Å². The first-order valence-electron chi connectivity index (χ1n) is 4.81. The standard InChI is InChI=1S/C10H10ClIN4O/c1-16-5-13-3-7(16)10-14-6(4-17-2)8(12)9(11)15-10/h3,5H,4H2,1-2H3. The molecule has 0 atom stereocenters. The van der Waals surface area contributed by atoms with Gasteiger partial charge < -0.3 is 9.30 Å². The average Bonchev–Trinajstić information content (AvgIpc) is 2.71. The van der Waals surface area contributed by atoms with Crippen molar-refractivity contribution in [1.82, 2.24) is 19.5 Å². The molecule has 7 heteroatoms. The van der Waals surface area contributed by atoms with Crippen molar-refractivity contribution in [2.45, 2.75) is 6.61 Å². The van der Waals surface area contributed by atoms with Crippen molar-refractivity contribution in [1.29, 1.82) is 0 Å². The van der Waals surface area contributed by atoms with Gasteiger partial charge in [-0.25, -0.2) is 15.0 Å². The second-order valence-corrected chi connectivity index (χ2v) is 4.86. The molecule has 17 heavy (non-hydrogen) atoms. The van der Waals surface area contributed by atoms with Gasteiger partial charge in [0.25, 0.3) is 0 Å². The maximum absolute atomic E-state index is 6.08. The second kappa shape index (κ2) is 5.28. The fourth-order valence-corrected chi connectivity index (χ4v) is 1.97. The molecule has 0 N–H and O–H groups in total. The van der Waals surface area contributed by atoms with E-state index in [1.54, 1.807) is 19.6 Å². The minimum absolute atomic E-state index is 0.408.